The lowest BCUT2D eigenvalue weighted by molar-refractivity contribution is 0.482. The number of rotatable bonds is 5. The standard InChI is InChI=1S/C20H22ClN3O/c21-20-17(14-22-13-15-7-6-12-25-15)19(24-10-4-1-5-11-24)16-8-2-3-9-18(16)23-20/h2-3,6-9,12,22H,1,4-5,10-11,13-14H2. The van der Waals surface area contributed by atoms with Crippen molar-refractivity contribution in [2.75, 3.05) is 18.0 Å². The van der Waals surface area contributed by atoms with Crippen molar-refractivity contribution < 1.29 is 4.42 Å². The first kappa shape index (κ1) is 16.4. The minimum absolute atomic E-state index is 0.589. The number of nitrogens with one attached hydrogen (secondary N) is 1. The van der Waals surface area contributed by atoms with Gasteiger partial charge in [-0.25, -0.2) is 4.98 Å². The summed E-state index contributed by atoms with van der Waals surface area (Å²) in [5.74, 6) is 0.921. The van der Waals surface area contributed by atoms with E-state index >= 15 is 0 Å². The van der Waals surface area contributed by atoms with Crippen LogP contribution in [-0.4, -0.2) is 18.1 Å². The van der Waals surface area contributed by atoms with Crippen LogP contribution in [0.3, 0.4) is 0 Å². The highest BCUT2D eigenvalue weighted by molar-refractivity contribution is 6.31. The predicted octanol–water partition coefficient (Wildman–Crippen LogP) is 4.76. The molecule has 4 nitrogen and oxygen atoms in total. The lowest BCUT2D eigenvalue weighted by Gasteiger charge is -2.32. The number of pyridine rings is 1. The zero-order chi connectivity index (χ0) is 17.1. The van der Waals surface area contributed by atoms with Crippen molar-refractivity contribution in [2.45, 2.75) is 32.4 Å². The molecule has 1 saturated heterocycles. The fourth-order valence-corrected chi connectivity index (χ4v) is 3.81. The number of furan rings is 1. The molecule has 0 atom stereocenters. The Hall–Kier alpha value is -2.04. The van der Waals surface area contributed by atoms with Crippen molar-refractivity contribution in [1.29, 1.82) is 0 Å². The highest BCUT2D eigenvalue weighted by Gasteiger charge is 2.20. The number of halogens is 1. The summed E-state index contributed by atoms with van der Waals surface area (Å²) in [5, 5.41) is 5.22. The van der Waals surface area contributed by atoms with E-state index in [4.69, 9.17) is 16.0 Å². The molecule has 0 amide bonds. The summed E-state index contributed by atoms with van der Waals surface area (Å²) in [6, 6.07) is 12.2. The van der Waals surface area contributed by atoms with Crippen molar-refractivity contribution in [1.82, 2.24) is 10.3 Å². The van der Waals surface area contributed by atoms with Crippen LogP contribution in [0.1, 0.15) is 30.6 Å². The van der Waals surface area contributed by atoms with Gasteiger partial charge in [-0.05, 0) is 37.5 Å². The second-order valence-corrected chi connectivity index (χ2v) is 6.84. The molecule has 2 aromatic heterocycles. The summed E-state index contributed by atoms with van der Waals surface area (Å²) in [6.07, 6.45) is 5.46. The molecule has 0 spiro atoms. The molecule has 0 unspecified atom stereocenters. The van der Waals surface area contributed by atoms with Crippen LogP contribution in [0.5, 0.6) is 0 Å². The molecule has 1 N–H and O–H groups in total. The van der Waals surface area contributed by atoms with Crippen molar-refractivity contribution in [2.24, 2.45) is 0 Å². The van der Waals surface area contributed by atoms with E-state index in [1.54, 1.807) is 6.26 Å². The number of para-hydroxylation sites is 1. The lowest BCUT2D eigenvalue weighted by atomic mass is 10.0. The van der Waals surface area contributed by atoms with E-state index in [0.717, 1.165) is 29.9 Å². The molecule has 25 heavy (non-hydrogen) atoms. The van der Waals surface area contributed by atoms with Gasteiger partial charge in [0.15, 0.2) is 0 Å². The number of anilines is 1. The molecule has 1 aliphatic heterocycles. The number of benzene rings is 1. The molecule has 5 heteroatoms. The van der Waals surface area contributed by atoms with Gasteiger partial charge in [-0.1, -0.05) is 29.8 Å². The molecule has 3 heterocycles. The molecule has 1 fully saturated rings. The number of hydrogen-bond acceptors (Lipinski definition) is 4. The third-order valence-corrected chi connectivity index (χ3v) is 5.08. The third-order valence-electron chi connectivity index (χ3n) is 4.77. The number of aromatic nitrogens is 1. The first-order valence-electron chi connectivity index (χ1n) is 8.88. The Kier molecular flexibility index (Phi) is 4.90. The van der Waals surface area contributed by atoms with Gasteiger partial charge in [-0.2, -0.15) is 0 Å². The summed E-state index contributed by atoms with van der Waals surface area (Å²) >= 11 is 6.59. The van der Waals surface area contributed by atoms with Gasteiger partial charge in [-0.3, -0.25) is 0 Å². The summed E-state index contributed by atoms with van der Waals surface area (Å²) in [6.45, 7) is 3.50. The van der Waals surface area contributed by atoms with E-state index < -0.39 is 0 Å². The van der Waals surface area contributed by atoms with Gasteiger partial charge in [0.2, 0.25) is 0 Å². The fraction of sp³-hybridized carbons (Fsp3) is 0.350. The van der Waals surface area contributed by atoms with E-state index in [2.05, 4.69) is 27.3 Å². The molecule has 0 aliphatic carbocycles. The van der Waals surface area contributed by atoms with E-state index in [0.29, 0.717) is 18.2 Å². The zero-order valence-corrected chi connectivity index (χ0v) is 14.9. The maximum Gasteiger partial charge on any atom is 0.136 e. The molecule has 0 radical (unpaired) electrons. The van der Waals surface area contributed by atoms with Gasteiger partial charge in [-0.15, -0.1) is 0 Å². The van der Waals surface area contributed by atoms with Gasteiger partial charge in [0.25, 0.3) is 0 Å². The summed E-state index contributed by atoms with van der Waals surface area (Å²) < 4.78 is 5.40. The van der Waals surface area contributed by atoms with Crippen LogP contribution < -0.4 is 10.2 Å². The molecule has 1 aliphatic rings. The summed E-state index contributed by atoms with van der Waals surface area (Å²) in [4.78, 5) is 7.10. The minimum Gasteiger partial charge on any atom is -0.468 e. The largest absolute Gasteiger partial charge is 0.468 e. The van der Waals surface area contributed by atoms with Crippen LogP contribution in [0.25, 0.3) is 10.9 Å². The molecule has 0 bridgehead atoms. The van der Waals surface area contributed by atoms with E-state index in [1.807, 2.05) is 24.3 Å². The maximum absolute atomic E-state index is 6.59. The Bertz CT molecular complexity index is 842. The Labute approximate surface area is 152 Å². The monoisotopic (exact) mass is 355 g/mol. The first-order chi connectivity index (χ1) is 12.3. The summed E-state index contributed by atoms with van der Waals surface area (Å²) in [5.41, 5.74) is 3.28. The van der Waals surface area contributed by atoms with Crippen molar-refractivity contribution >= 4 is 28.2 Å². The van der Waals surface area contributed by atoms with Crippen molar-refractivity contribution in [3.63, 3.8) is 0 Å². The summed E-state index contributed by atoms with van der Waals surface area (Å²) in [7, 11) is 0. The Morgan fingerprint density at radius 2 is 1.88 bits per heavy atom. The normalized spacial score (nSPS) is 15.0. The molecule has 130 valence electrons. The second kappa shape index (κ2) is 7.46. The van der Waals surface area contributed by atoms with Crippen LogP contribution in [-0.2, 0) is 13.1 Å². The fourth-order valence-electron chi connectivity index (χ4n) is 3.56. The number of fused-ring (bicyclic) bond motifs is 1. The van der Waals surface area contributed by atoms with Gasteiger partial charge in [0.05, 0.1) is 24.0 Å². The molecule has 4 rings (SSSR count). The highest BCUT2D eigenvalue weighted by atomic mass is 35.5. The quantitative estimate of drug-likeness (QED) is 0.670. The number of hydrogen-bond donors (Lipinski definition) is 1. The predicted molar refractivity (Wildman–Crippen MR) is 102 cm³/mol. The number of piperidine rings is 1. The number of nitrogens with zero attached hydrogens (tertiary/aromatic N) is 2. The first-order valence-corrected chi connectivity index (χ1v) is 9.26. The Balaban J connectivity index is 1.69. The lowest BCUT2D eigenvalue weighted by Crippen LogP contribution is -2.31. The van der Waals surface area contributed by atoms with Gasteiger partial charge < -0.3 is 14.6 Å². The Morgan fingerprint density at radius 1 is 1.04 bits per heavy atom. The Morgan fingerprint density at radius 3 is 2.68 bits per heavy atom. The van der Waals surface area contributed by atoms with Crippen LogP contribution in [0, 0.1) is 0 Å². The molecular formula is C20H22ClN3O. The average Bonchev–Trinajstić information content (AvgIpc) is 3.16. The topological polar surface area (TPSA) is 41.3 Å². The molecule has 3 aromatic rings. The van der Waals surface area contributed by atoms with Crippen LogP contribution in [0.15, 0.2) is 47.1 Å². The SMILES string of the molecule is Clc1nc2ccccc2c(N2CCCCC2)c1CNCc1ccco1. The smallest absolute Gasteiger partial charge is 0.136 e. The van der Waals surface area contributed by atoms with E-state index in [1.165, 1.54) is 30.3 Å². The minimum atomic E-state index is 0.589. The van der Waals surface area contributed by atoms with Crippen LogP contribution in [0.4, 0.5) is 5.69 Å². The van der Waals surface area contributed by atoms with Gasteiger partial charge >= 0.3 is 0 Å². The van der Waals surface area contributed by atoms with E-state index in [-0.39, 0.29) is 0 Å². The van der Waals surface area contributed by atoms with Gasteiger partial charge in [0, 0.05) is 30.6 Å². The van der Waals surface area contributed by atoms with Crippen molar-refractivity contribution in [3.05, 3.63) is 59.1 Å². The second-order valence-electron chi connectivity index (χ2n) is 6.48. The van der Waals surface area contributed by atoms with Crippen LogP contribution in [0.2, 0.25) is 5.15 Å². The van der Waals surface area contributed by atoms with E-state index in [9.17, 15) is 0 Å². The highest BCUT2D eigenvalue weighted by Crippen LogP contribution is 2.35. The molecular weight excluding hydrogens is 334 g/mol. The van der Waals surface area contributed by atoms with Gasteiger partial charge in [0.1, 0.15) is 10.9 Å². The molecule has 1 aromatic carbocycles. The molecule has 0 saturated carbocycles. The average molecular weight is 356 g/mol. The van der Waals surface area contributed by atoms with Crippen LogP contribution >= 0.6 is 11.6 Å². The van der Waals surface area contributed by atoms with Crippen molar-refractivity contribution in [3.8, 4) is 0 Å². The maximum atomic E-state index is 6.59. The third kappa shape index (κ3) is 3.51. The zero-order valence-electron chi connectivity index (χ0n) is 14.2.